The first kappa shape index (κ1) is 14.4. The molecule has 0 atom stereocenters. The van der Waals surface area contributed by atoms with Crippen LogP contribution in [0.4, 0.5) is 17.1 Å². The summed E-state index contributed by atoms with van der Waals surface area (Å²) in [5, 5.41) is 24.5. The van der Waals surface area contributed by atoms with Gasteiger partial charge in [-0.15, -0.1) is 0 Å². The highest BCUT2D eigenvalue weighted by molar-refractivity contribution is 5.50. The van der Waals surface area contributed by atoms with Gasteiger partial charge in [0, 0.05) is 36.0 Å². The maximum atomic E-state index is 10.9. The molecule has 0 bridgehead atoms. The Hall–Kier alpha value is -2.96. The van der Waals surface area contributed by atoms with E-state index in [1.54, 1.807) is 31.2 Å². The molecular weight excluding hydrogens is 274 g/mol. The minimum Gasteiger partial charge on any atom is -0.381 e. The molecule has 0 aromatic heterocycles. The maximum absolute atomic E-state index is 10.9. The van der Waals surface area contributed by atoms with Gasteiger partial charge in [0.2, 0.25) is 0 Å². The third-order valence-corrected chi connectivity index (χ3v) is 3.05. The lowest BCUT2D eigenvalue weighted by molar-refractivity contribution is -0.385. The zero-order valence-corrected chi connectivity index (χ0v) is 11.3. The normalized spacial score (nSPS) is 10.1. The zero-order valence-electron chi connectivity index (χ0n) is 11.3. The van der Waals surface area contributed by atoms with Gasteiger partial charge in [-0.25, -0.2) is 0 Å². The van der Waals surface area contributed by atoms with Gasteiger partial charge in [0.15, 0.2) is 0 Å². The fraction of sp³-hybridized carbons (Fsp3) is 0.143. The van der Waals surface area contributed by atoms with Crippen molar-refractivity contribution in [1.82, 2.24) is 0 Å². The maximum Gasteiger partial charge on any atom is 0.272 e. The summed E-state index contributed by atoms with van der Waals surface area (Å²) in [5.41, 5.74) is 2.19. The van der Waals surface area contributed by atoms with Crippen LogP contribution in [0.1, 0.15) is 11.1 Å². The number of rotatable bonds is 5. The van der Waals surface area contributed by atoms with Crippen LogP contribution in [0.2, 0.25) is 0 Å². The van der Waals surface area contributed by atoms with Crippen LogP contribution in [0.15, 0.2) is 42.5 Å². The molecule has 2 rings (SSSR count). The second kappa shape index (κ2) is 6.00. The van der Waals surface area contributed by atoms with E-state index in [2.05, 4.69) is 5.32 Å². The quantitative estimate of drug-likeness (QED) is 0.671. The number of aryl methyl sites for hydroxylation is 1. The first-order valence-electron chi connectivity index (χ1n) is 6.19. The Morgan fingerprint density at radius 2 is 1.67 bits per heavy atom. The molecule has 0 aliphatic carbocycles. The number of nitro benzene ring substituents is 2. The number of nitro groups is 2. The van der Waals surface area contributed by atoms with Crippen LogP contribution in [0.3, 0.4) is 0 Å². The summed E-state index contributed by atoms with van der Waals surface area (Å²) in [6.45, 7) is 2.09. The number of non-ortho nitro benzene ring substituents is 1. The molecule has 0 spiro atoms. The second-order valence-corrected chi connectivity index (χ2v) is 4.54. The molecular formula is C14H13N3O4. The summed E-state index contributed by atoms with van der Waals surface area (Å²) < 4.78 is 0. The Labute approximate surface area is 120 Å². The van der Waals surface area contributed by atoms with Gasteiger partial charge in [0.25, 0.3) is 11.4 Å². The zero-order chi connectivity index (χ0) is 15.4. The van der Waals surface area contributed by atoms with E-state index in [1.165, 1.54) is 18.2 Å². The van der Waals surface area contributed by atoms with Crippen LogP contribution in [0, 0.1) is 27.2 Å². The Morgan fingerprint density at radius 3 is 2.24 bits per heavy atom. The minimum atomic E-state index is -0.465. The van der Waals surface area contributed by atoms with E-state index in [9.17, 15) is 20.2 Å². The lowest BCUT2D eigenvalue weighted by Crippen LogP contribution is -2.01. The average Bonchev–Trinajstić information content (AvgIpc) is 2.46. The number of anilines is 1. The highest BCUT2D eigenvalue weighted by atomic mass is 16.6. The fourth-order valence-corrected chi connectivity index (χ4v) is 1.87. The predicted octanol–water partition coefficient (Wildman–Crippen LogP) is 3.42. The Morgan fingerprint density at radius 1 is 1.00 bits per heavy atom. The van der Waals surface area contributed by atoms with Crippen molar-refractivity contribution in [2.75, 3.05) is 5.32 Å². The summed E-state index contributed by atoms with van der Waals surface area (Å²) in [4.78, 5) is 20.5. The van der Waals surface area contributed by atoms with Crippen molar-refractivity contribution in [2.45, 2.75) is 13.5 Å². The Balaban J connectivity index is 2.07. The molecule has 0 radical (unpaired) electrons. The molecule has 0 aliphatic heterocycles. The molecule has 7 nitrogen and oxygen atoms in total. The summed E-state index contributed by atoms with van der Waals surface area (Å²) in [7, 11) is 0. The fourth-order valence-electron chi connectivity index (χ4n) is 1.87. The molecule has 2 aromatic carbocycles. The molecule has 0 heterocycles. The number of hydrogen-bond donors (Lipinski definition) is 1. The van der Waals surface area contributed by atoms with Gasteiger partial charge in [-0.05, 0) is 24.6 Å². The highest BCUT2D eigenvalue weighted by Crippen LogP contribution is 2.21. The van der Waals surface area contributed by atoms with Gasteiger partial charge in [-0.1, -0.05) is 12.1 Å². The van der Waals surface area contributed by atoms with Crippen molar-refractivity contribution in [3.05, 3.63) is 73.8 Å². The number of nitrogens with zero attached hydrogens (tertiary/aromatic N) is 2. The van der Waals surface area contributed by atoms with E-state index in [-0.39, 0.29) is 11.4 Å². The summed E-state index contributed by atoms with van der Waals surface area (Å²) in [6, 6.07) is 11.0. The molecule has 0 fully saturated rings. The van der Waals surface area contributed by atoms with E-state index >= 15 is 0 Å². The molecule has 0 saturated carbocycles. The third-order valence-electron chi connectivity index (χ3n) is 3.05. The van der Waals surface area contributed by atoms with Crippen molar-refractivity contribution in [2.24, 2.45) is 0 Å². The van der Waals surface area contributed by atoms with Crippen LogP contribution in [0.5, 0.6) is 0 Å². The van der Waals surface area contributed by atoms with Gasteiger partial charge in [-0.2, -0.15) is 0 Å². The average molecular weight is 287 g/mol. The molecule has 7 heteroatoms. The largest absolute Gasteiger partial charge is 0.381 e. The van der Waals surface area contributed by atoms with E-state index in [0.29, 0.717) is 17.8 Å². The lowest BCUT2D eigenvalue weighted by atomic mass is 10.1. The SMILES string of the molecule is Cc1ccc(CNc2ccc([N+](=O)[O-])cc2)cc1[N+](=O)[O-]. The van der Waals surface area contributed by atoms with Crippen molar-refractivity contribution >= 4 is 17.1 Å². The van der Waals surface area contributed by atoms with Gasteiger partial charge >= 0.3 is 0 Å². The van der Waals surface area contributed by atoms with Crippen molar-refractivity contribution in [1.29, 1.82) is 0 Å². The molecule has 0 unspecified atom stereocenters. The highest BCUT2D eigenvalue weighted by Gasteiger charge is 2.10. The van der Waals surface area contributed by atoms with Crippen molar-refractivity contribution < 1.29 is 9.85 Å². The monoisotopic (exact) mass is 287 g/mol. The first-order chi connectivity index (χ1) is 9.97. The first-order valence-corrected chi connectivity index (χ1v) is 6.19. The summed E-state index contributed by atoms with van der Waals surface area (Å²) >= 11 is 0. The molecule has 0 aliphatic rings. The molecule has 21 heavy (non-hydrogen) atoms. The van der Waals surface area contributed by atoms with Crippen LogP contribution in [-0.2, 0) is 6.54 Å². The van der Waals surface area contributed by atoms with E-state index in [1.807, 2.05) is 0 Å². The minimum absolute atomic E-state index is 0.0199. The summed E-state index contributed by atoms with van der Waals surface area (Å²) in [5.74, 6) is 0. The van der Waals surface area contributed by atoms with Crippen LogP contribution >= 0.6 is 0 Å². The summed E-state index contributed by atoms with van der Waals surface area (Å²) in [6.07, 6.45) is 0. The molecule has 0 amide bonds. The number of benzene rings is 2. The van der Waals surface area contributed by atoms with Crippen LogP contribution in [-0.4, -0.2) is 9.85 Å². The number of nitrogens with one attached hydrogen (secondary N) is 1. The second-order valence-electron chi connectivity index (χ2n) is 4.54. The van der Waals surface area contributed by atoms with E-state index < -0.39 is 9.85 Å². The van der Waals surface area contributed by atoms with E-state index in [4.69, 9.17) is 0 Å². The van der Waals surface area contributed by atoms with Gasteiger partial charge < -0.3 is 5.32 Å². The van der Waals surface area contributed by atoms with Crippen molar-refractivity contribution in [3.63, 3.8) is 0 Å². The molecule has 0 saturated heterocycles. The van der Waals surface area contributed by atoms with Crippen LogP contribution < -0.4 is 5.32 Å². The van der Waals surface area contributed by atoms with Crippen LogP contribution in [0.25, 0.3) is 0 Å². The third kappa shape index (κ3) is 3.53. The van der Waals surface area contributed by atoms with Gasteiger partial charge in [-0.3, -0.25) is 20.2 Å². The molecule has 2 aromatic rings. The Kier molecular flexibility index (Phi) is 4.13. The van der Waals surface area contributed by atoms with Gasteiger partial charge in [0.05, 0.1) is 9.85 Å². The van der Waals surface area contributed by atoms with E-state index in [0.717, 1.165) is 5.56 Å². The Bertz CT molecular complexity index is 683. The predicted molar refractivity (Wildman–Crippen MR) is 78.3 cm³/mol. The lowest BCUT2D eigenvalue weighted by Gasteiger charge is -2.07. The van der Waals surface area contributed by atoms with Crippen molar-refractivity contribution in [3.8, 4) is 0 Å². The topological polar surface area (TPSA) is 98.3 Å². The van der Waals surface area contributed by atoms with Gasteiger partial charge in [0.1, 0.15) is 0 Å². The smallest absolute Gasteiger partial charge is 0.272 e. The molecule has 1 N–H and O–H groups in total. The molecule has 108 valence electrons. The number of hydrogen-bond acceptors (Lipinski definition) is 5. The standard InChI is InChI=1S/C14H13N3O4/c1-10-2-3-11(8-14(10)17(20)21)9-15-12-4-6-13(7-5-12)16(18)19/h2-8,15H,9H2,1H3.